The number of methoxy groups -OCH3 is 2. The van der Waals surface area contributed by atoms with Crippen molar-refractivity contribution in [3.8, 4) is 23.0 Å². The predicted octanol–water partition coefficient (Wildman–Crippen LogP) is 10.5. The first-order chi connectivity index (χ1) is 27.2. The molecule has 6 aromatic rings. The van der Waals surface area contributed by atoms with Gasteiger partial charge in [0.25, 0.3) is 0 Å². The van der Waals surface area contributed by atoms with Gasteiger partial charge in [0.05, 0.1) is 20.8 Å². The van der Waals surface area contributed by atoms with Crippen LogP contribution in [0.3, 0.4) is 0 Å². The molecule has 0 saturated heterocycles. The fraction of sp³-hybridized carbons (Fsp3) is 0.265. The second-order valence-corrected chi connectivity index (χ2v) is 20.3. The van der Waals surface area contributed by atoms with Crippen LogP contribution in [0.2, 0.25) is 18.1 Å². The number of phenols is 1. The molecule has 3 N–H and O–H groups in total. The molecule has 0 saturated carbocycles. The van der Waals surface area contributed by atoms with E-state index in [9.17, 15) is 15.3 Å². The van der Waals surface area contributed by atoms with Gasteiger partial charge in [-0.05, 0) is 100 Å². The maximum Gasteiger partial charge on any atom is 0.191 e. The van der Waals surface area contributed by atoms with E-state index in [2.05, 4.69) is 33.9 Å². The smallest absolute Gasteiger partial charge is 0.191 e. The van der Waals surface area contributed by atoms with E-state index < -0.39 is 19.5 Å². The van der Waals surface area contributed by atoms with Gasteiger partial charge in [0, 0.05) is 13.0 Å². The average Bonchev–Trinajstić information content (AvgIpc) is 3.24. The molecule has 0 amide bonds. The van der Waals surface area contributed by atoms with Crippen LogP contribution in [0.5, 0.6) is 23.0 Å². The molecule has 7 nitrogen and oxygen atoms in total. The number of aromatic hydroxyl groups is 1. The summed E-state index contributed by atoms with van der Waals surface area (Å²) in [5.74, 6) is 2.43. The molecule has 0 aliphatic heterocycles. The average molecular weight is 785 g/mol. The highest BCUT2D eigenvalue weighted by Gasteiger charge is 2.37. The molecule has 0 fully saturated rings. The Labute approximate surface area is 339 Å². The molecular weight excluding hydrogens is 729 g/mol. The largest absolute Gasteiger partial charge is 0.508 e. The van der Waals surface area contributed by atoms with Gasteiger partial charge in [-0.15, -0.1) is 0 Å². The van der Waals surface area contributed by atoms with E-state index in [-0.39, 0.29) is 10.8 Å². The Kier molecular flexibility index (Phi) is 14.0. The van der Waals surface area contributed by atoms with Crippen molar-refractivity contribution in [2.75, 3.05) is 27.4 Å². The Hall–Kier alpha value is -5.38. The minimum Gasteiger partial charge on any atom is -0.508 e. The Balaban J connectivity index is 0.000000234. The minimum absolute atomic E-state index is 0.166. The van der Waals surface area contributed by atoms with E-state index >= 15 is 0 Å². The third kappa shape index (κ3) is 10.1. The van der Waals surface area contributed by atoms with Crippen molar-refractivity contribution in [2.45, 2.75) is 56.5 Å². The van der Waals surface area contributed by atoms with Crippen molar-refractivity contribution in [3.63, 3.8) is 0 Å². The molecular formula is C49H56O7Si. The number of ether oxygens (including phenoxy) is 3. The first kappa shape index (κ1) is 42.8. The zero-order valence-corrected chi connectivity index (χ0v) is 35.1. The van der Waals surface area contributed by atoms with Crippen molar-refractivity contribution >= 4 is 8.32 Å². The normalized spacial score (nSPS) is 13.6. The van der Waals surface area contributed by atoms with Gasteiger partial charge in [-0.1, -0.05) is 130 Å². The summed E-state index contributed by atoms with van der Waals surface area (Å²) in [5, 5.41) is 33.3. The van der Waals surface area contributed by atoms with Gasteiger partial charge >= 0.3 is 0 Å². The Morgan fingerprint density at radius 3 is 1.14 bits per heavy atom. The van der Waals surface area contributed by atoms with E-state index in [1.165, 1.54) is 0 Å². The van der Waals surface area contributed by atoms with Crippen molar-refractivity contribution in [1.82, 2.24) is 0 Å². The van der Waals surface area contributed by atoms with Crippen LogP contribution in [0, 0.1) is 0 Å². The summed E-state index contributed by atoms with van der Waals surface area (Å²) in [6, 6.07) is 48.4. The van der Waals surface area contributed by atoms with Crippen molar-refractivity contribution < 1.29 is 34.0 Å². The summed E-state index contributed by atoms with van der Waals surface area (Å²) in [5.41, 5.74) is 1.94. The predicted molar refractivity (Wildman–Crippen MR) is 231 cm³/mol. The zero-order chi connectivity index (χ0) is 41.1. The minimum atomic E-state index is -1.72. The highest BCUT2D eigenvalue weighted by atomic mass is 28.4. The van der Waals surface area contributed by atoms with Crippen LogP contribution in [0.4, 0.5) is 0 Å². The van der Waals surface area contributed by atoms with Crippen LogP contribution in [0.15, 0.2) is 158 Å². The van der Waals surface area contributed by atoms with Gasteiger partial charge in [-0.3, -0.25) is 0 Å². The molecule has 0 spiro atoms. The third-order valence-electron chi connectivity index (χ3n) is 10.8. The lowest BCUT2D eigenvalue weighted by Crippen LogP contribution is -2.41. The standard InChI is InChI=1S/C29H38O4Si.C20H18O3/c1-28(2,3)34(5,6)33-22-10-21-32-27-19-15-25(16-20-27)29(30,23-11-8-7-9-12-23)24-13-17-26(31-4)18-14-24;1-23-19-13-9-17(10-14-19)20(22,15-5-3-2-4-6-15)16-7-11-18(21)12-8-16/h7-9,11-20,30H,10,21-22H2,1-6H3;2-14,21-22H,1H3. The maximum atomic E-state index is 12.0. The summed E-state index contributed by atoms with van der Waals surface area (Å²) in [7, 11) is 1.52. The van der Waals surface area contributed by atoms with Gasteiger partial charge < -0.3 is 34.0 Å². The van der Waals surface area contributed by atoms with Gasteiger partial charge in [0.1, 0.15) is 34.2 Å². The topological polar surface area (TPSA) is 97.6 Å². The van der Waals surface area contributed by atoms with Crippen molar-refractivity contribution in [3.05, 3.63) is 191 Å². The van der Waals surface area contributed by atoms with Crippen molar-refractivity contribution in [1.29, 1.82) is 0 Å². The Morgan fingerprint density at radius 1 is 0.456 bits per heavy atom. The first-order valence-corrected chi connectivity index (χ1v) is 22.1. The third-order valence-corrected chi connectivity index (χ3v) is 15.3. The Bertz CT molecular complexity index is 2100. The van der Waals surface area contributed by atoms with E-state index in [1.807, 2.05) is 133 Å². The number of rotatable bonds is 14. The highest BCUT2D eigenvalue weighted by Crippen LogP contribution is 2.40. The van der Waals surface area contributed by atoms with E-state index in [0.29, 0.717) is 18.8 Å². The molecule has 0 heterocycles. The molecule has 57 heavy (non-hydrogen) atoms. The number of hydrogen-bond donors (Lipinski definition) is 3. The number of hydrogen-bond acceptors (Lipinski definition) is 7. The van der Waals surface area contributed by atoms with Gasteiger partial charge in [-0.25, -0.2) is 0 Å². The summed E-state index contributed by atoms with van der Waals surface area (Å²) < 4.78 is 22.7. The molecule has 0 aromatic heterocycles. The molecule has 6 aromatic carbocycles. The van der Waals surface area contributed by atoms with Crippen molar-refractivity contribution in [2.24, 2.45) is 0 Å². The molecule has 6 rings (SSSR count). The molecule has 0 aliphatic rings. The summed E-state index contributed by atoms with van der Waals surface area (Å²) in [4.78, 5) is 0. The molecule has 8 heteroatoms. The van der Waals surface area contributed by atoms with Crippen LogP contribution >= 0.6 is 0 Å². The van der Waals surface area contributed by atoms with Gasteiger partial charge in [-0.2, -0.15) is 0 Å². The molecule has 298 valence electrons. The number of benzene rings is 6. The SMILES string of the molecule is COc1ccc(C(O)(c2ccccc2)c2ccc(O)cc2)cc1.COc1ccc(C(O)(c2ccccc2)c2ccc(OCCCO[Si](C)(C)C(C)(C)C)cc2)cc1. The quantitative estimate of drug-likeness (QED) is 0.0575. The van der Waals surface area contributed by atoms with E-state index in [0.717, 1.165) is 51.5 Å². The monoisotopic (exact) mass is 784 g/mol. The molecule has 2 atom stereocenters. The van der Waals surface area contributed by atoms with Crippen LogP contribution < -0.4 is 14.2 Å². The fourth-order valence-corrected chi connectivity index (χ4v) is 7.40. The summed E-state index contributed by atoms with van der Waals surface area (Å²) in [6.45, 7) is 12.6. The maximum absolute atomic E-state index is 12.0. The van der Waals surface area contributed by atoms with Gasteiger partial charge in [0.2, 0.25) is 0 Å². The second kappa shape index (κ2) is 18.7. The number of aliphatic hydroxyl groups is 2. The van der Waals surface area contributed by atoms with E-state index in [1.54, 1.807) is 38.5 Å². The fourth-order valence-electron chi connectivity index (χ4n) is 6.31. The second-order valence-electron chi connectivity index (χ2n) is 15.5. The first-order valence-electron chi connectivity index (χ1n) is 19.2. The molecule has 0 aliphatic carbocycles. The summed E-state index contributed by atoms with van der Waals surface area (Å²) >= 11 is 0. The number of phenolic OH excluding ortho intramolecular Hbond substituents is 1. The highest BCUT2D eigenvalue weighted by molar-refractivity contribution is 6.74. The van der Waals surface area contributed by atoms with Crippen LogP contribution in [-0.4, -0.2) is 51.1 Å². The summed E-state index contributed by atoms with van der Waals surface area (Å²) in [6.07, 6.45) is 0.841. The lowest BCUT2D eigenvalue weighted by atomic mass is 9.80. The van der Waals surface area contributed by atoms with Gasteiger partial charge in [0.15, 0.2) is 8.32 Å². The van der Waals surface area contributed by atoms with Crippen LogP contribution in [-0.2, 0) is 15.6 Å². The lowest BCUT2D eigenvalue weighted by Gasteiger charge is -2.36. The lowest BCUT2D eigenvalue weighted by molar-refractivity contribution is 0.125. The van der Waals surface area contributed by atoms with E-state index in [4.69, 9.17) is 18.6 Å². The molecule has 2 unspecified atom stereocenters. The van der Waals surface area contributed by atoms with Crippen LogP contribution in [0.1, 0.15) is 60.6 Å². The zero-order valence-electron chi connectivity index (χ0n) is 34.1. The van der Waals surface area contributed by atoms with Crippen LogP contribution in [0.25, 0.3) is 0 Å². The molecule has 0 bridgehead atoms. The Morgan fingerprint density at radius 2 is 0.789 bits per heavy atom. The molecule has 0 radical (unpaired) electrons.